The highest BCUT2D eigenvalue weighted by atomic mass is 19.4. The molecule has 28 heavy (non-hydrogen) atoms. The highest BCUT2D eigenvalue weighted by molar-refractivity contribution is 5.76. The lowest BCUT2D eigenvalue weighted by molar-refractivity contribution is -0.145. The van der Waals surface area contributed by atoms with Crippen LogP contribution in [0.1, 0.15) is 12.0 Å². The highest BCUT2D eigenvalue weighted by Crippen LogP contribution is 2.33. The largest absolute Gasteiger partial charge is 0.408 e. The lowest BCUT2D eigenvalue weighted by atomic mass is 10.0. The molecule has 1 fully saturated rings. The number of ether oxygens (including phenoxy) is 1. The molecule has 1 aromatic heterocycles. The van der Waals surface area contributed by atoms with E-state index in [1.165, 1.54) is 4.57 Å². The Morgan fingerprint density at radius 3 is 2.46 bits per heavy atom. The first-order valence-corrected chi connectivity index (χ1v) is 9.22. The maximum Gasteiger partial charge on any atom is 0.408 e. The van der Waals surface area contributed by atoms with Crippen LogP contribution >= 0.6 is 0 Å². The number of anilines is 2. The summed E-state index contributed by atoms with van der Waals surface area (Å²) in [6, 6.07) is 5.79. The average molecular weight is 394 g/mol. The van der Waals surface area contributed by atoms with Gasteiger partial charge in [0.05, 0.1) is 18.8 Å². The van der Waals surface area contributed by atoms with Crippen LogP contribution in [-0.2, 0) is 11.3 Å². The summed E-state index contributed by atoms with van der Waals surface area (Å²) in [5, 5.41) is 2.41. The quantitative estimate of drug-likeness (QED) is 0.849. The first-order valence-electron chi connectivity index (χ1n) is 9.22. The van der Waals surface area contributed by atoms with Gasteiger partial charge in [-0.05, 0) is 18.9 Å². The fraction of sp³-hybridized carbons (Fsp3) is 0.474. The Hall–Kier alpha value is -2.55. The molecule has 0 spiro atoms. The predicted molar refractivity (Wildman–Crippen MR) is 99.8 cm³/mol. The number of nitrogens with zero attached hydrogens (tertiary/aromatic N) is 3. The third-order valence-corrected chi connectivity index (χ3v) is 5.14. The number of aromatic nitrogens is 2. The van der Waals surface area contributed by atoms with E-state index in [0.29, 0.717) is 43.2 Å². The number of aryl methyl sites for hydroxylation is 1. The minimum atomic E-state index is -4.39. The zero-order valence-electron chi connectivity index (χ0n) is 15.4. The van der Waals surface area contributed by atoms with Crippen LogP contribution in [0.5, 0.6) is 0 Å². The summed E-state index contributed by atoms with van der Waals surface area (Å²) in [6.07, 6.45) is -4.60. The number of alkyl halides is 3. The summed E-state index contributed by atoms with van der Waals surface area (Å²) < 4.78 is 46.2. The van der Waals surface area contributed by atoms with Gasteiger partial charge in [0, 0.05) is 19.6 Å². The van der Waals surface area contributed by atoms with Gasteiger partial charge in [0.25, 0.3) is 5.56 Å². The van der Waals surface area contributed by atoms with Crippen molar-refractivity contribution in [1.29, 1.82) is 0 Å². The minimum absolute atomic E-state index is 0.0272. The zero-order chi connectivity index (χ0) is 19.9. The number of halogens is 3. The second-order valence-corrected chi connectivity index (χ2v) is 7.08. The Bertz CT molecular complexity index is 919. The van der Waals surface area contributed by atoms with Gasteiger partial charge < -0.3 is 15.0 Å². The van der Waals surface area contributed by atoms with Crippen LogP contribution in [0, 0.1) is 6.92 Å². The van der Waals surface area contributed by atoms with Gasteiger partial charge in [0.15, 0.2) is 0 Å². The number of hydrogen-bond acceptors (Lipinski definition) is 5. The van der Waals surface area contributed by atoms with Gasteiger partial charge in [0.2, 0.25) is 5.95 Å². The molecule has 9 heteroatoms. The molecule has 1 aromatic carbocycles. The van der Waals surface area contributed by atoms with Crippen molar-refractivity contribution in [2.75, 3.05) is 36.5 Å². The Labute approximate surface area is 159 Å². The van der Waals surface area contributed by atoms with Gasteiger partial charge >= 0.3 is 6.18 Å². The highest BCUT2D eigenvalue weighted by Gasteiger charge is 2.42. The fourth-order valence-corrected chi connectivity index (χ4v) is 3.57. The Balaban J connectivity index is 1.85. The molecule has 0 aliphatic carbocycles. The summed E-state index contributed by atoms with van der Waals surface area (Å²) in [5.74, 6) is 0.370. The van der Waals surface area contributed by atoms with Gasteiger partial charge in [-0.15, -0.1) is 0 Å². The van der Waals surface area contributed by atoms with Crippen molar-refractivity contribution < 1.29 is 17.9 Å². The molecule has 0 radical (unpaired) electrons. The van der Waals surface area contributed by atoms with Gasteiger partial charge in [-0.1, -0.05) is 29.8 Å². The van der Waals surface area contributed by atoms with Gasteiger partial charge in [-0.2, -0.15) is 18.2 Å². The lowest BCUT2D eigenvalue weighted by Gasteiger charge is -2.33. The summed E-state index contributed by atoms with van der Waals surface area (Å²) in [7, 11) is 0. The van der Waals surface area contributed by atoms with Crippen LogP contribution in [0.15, 0.2) is 29.1 Å². The normalized spacial score (nSPS) is 19.9. The van der Waals surface area contributed by atoms with E-state index in [1.54, 1.807) is 0 Å². The Kier molecular flexibility index (Phi) is 4.78. The molecule has 1 unspecified atom stereocenters. The van der Waals surface area contributed by atoms with Crippen molar-refractivity contribution in [2.24, 2.45) is 0 Å². The van der Waals surface area contributed by atoms with Gasteiger partial charge in [-0.3, -0.25) is 9.36 Å². The summed E-state index contributed by atoms with van der Waals surface area (Å²) in [6.45, 7) is 3.93. The van der Waals surface area contributed by atoms with E-state index in [1.807, 2.05) is 36.1 Å². The SMILES string of the molecule is Cc1ccc(-c2c(N3CCOCC3)nc3n(c2=O)CCC(C(F)(F)F)N3)cc1. The number of rotatable bonds is 2. The molecule has 150 valence electrons. The van der Waals surface area contributed by atoms with E-state index < -0.39 is 12.2 Å². The van der Waals surface area contributed by atoms with Crippen molar-refractivity contribution in [2.45, 2.75) is 32.1 Å². The molecule has 6 nitrogen and oxygen atoms in total. The number of benzene rings is 1. The van der Waals surface area contributed by atoms with E-state index in [2.05, 4.69) is 10.3 Å². The average Bonchev–Trinajstić information content (AvgIpc) is 2.68. The molecular weight excluding hydrogens is 373 g/mol. The molecule has 1 N–H and O–H groups in total. The molecule has 2 aromatic rings. The second-order valence-electron chi connectivity index (χ2n) is 7.08. The standard InChI is InChI=1S/C19H21F3N4O2/c1-12-2-4-13(5-3-12)15-16(25-8-10-28-11-9-25)24-18-23-14(19(20,21)22)6-7-26(18)17(15)27/h2-5,14H,6-11H2,1H3,(H,23,24). The van der Waals surface area contributed by atoms with Crippen LogP contribution in [0.2, 0.25) is 0 Å². The molecular formula is C19H21F3N4O2. The third-order valence-electron chi connectivity index (χ3n) is 5.14. The van der Waals surface area contributed by atoms with E-state index in [9.17, 15) is 18.0 Å². The number of morpholine rings is 1. The first-order chi connectivity index (χ1) is 13.3. The maximum atomic E-state index is 13.3. The van der Waals surface area contributed by atoms with Crippen molar-refractivity contribution in [3.05, 3.63) is 40.2 Å². The van der Waals surface area contributed by atoms with Gasteiger partial charge in [-0.25, -0.2) is 0 Å². The van der Waals surface area contributed by atoms with Crippen LogP contribution in [-0.4, -0.2) is 48.1 Å². The van der Waals surface area contributed by atoms with Crippen LogP contribution in [0.25, 0.3) is 11.1 Å². The predicted octanol–water partition coefficient (Wildman–Crippen LogP) is 2.80. The molecule has 0 amide bonds. The van der Waals surface area contributed by atoms with Crippen molar-refractivity contribution in [1.82, 2.24) is 9.55 Å². The monoisotopic (exact) mass is 394 g/mol. The van der Waals surface area contributed by atoms with Crippen molar-refractivity contribution >= 4 is 11.8 Å². The zero-order valence-corrected chi connectivity index (χ0v) is 15.4. The summed E-state index contributed by atoms with van der Waals surface area (Å²) >= 11 is 0. The molecule has 0 saturated carbocycles. The minimum Gasteiger partial charge on any atom is -0.378 e. The lowest BCUT2D eigenvalue weighted by Crippen LogP contribution is -2.45. The maximum absolute atomic E-state index is 13.3. The van der Waals surface area contributed by atoms with E-state index >= 15 is 0 Å². The van der Waals surface area contributed by atoms with E-state index in [0.717, 1.165) is 5.56 Å². The number of fused-ring (bicyclic) bond motifs is 1. The van der Waals surface area contributed by atoms with Gasteiger partial charge in [0.1, 0.15) is 11.9 Å². The van der Waals surface area contributed by atoms with E-state index in [-0.39, 0.29) is 24.5 Å². The molecule has 0 bridgehead atoms. The second kappa shape index (κ2) is 7.12. The smallest absolute Gasteiger partial charge is 0.378 e. The summed E-state index contributed by atoms with van der Waals surface area (Å²) in [5.41, 5.74) is 1.84. The molecule has 4 rings (SSSR count). The Morgan fingerprint density at radius 2 is 1.82 bits per heavy atom. The van der Waals surface area contributed by atoms with Crippen LogP contribution in [0.4, 0.5) is 24.9 Å². The molecule has 3 heterocycles. The number of hydrogen-bond donors (Lipinski definition) is 1. The topological polar surface area (TPSA) is 59.4 Å². The van der Waals surface area contributed by atoms with Crippen molar-refractivity contribution in [3.63, 3.8) is 0 Å². The number of nitrogens with one attached hydrogen (secondary N) is 1. The molecule has 2 aliphatic rings. The molecule has 1 saturated heterocycles. The summed E-state index contributed by atoms with van der Waals surface area (Å²) in [4.78, 5) is 19.6. The fourth-order valence-electron chi connectivity index (χ4n) is 3.57. The van der Waals surface area contributed by atoms with Crippen LogP contribution < -0.4 is 15.8 Å². The first kappa shape index (κ1) is 18.8. The van der Waals surface area contributed by atoms with Crippen LogP contribution in [0.3, 0.4) is 0 Å². The third kappa shape index (κ3) is 3.46. The van der Waals surface area contributed by atoms with Crippen molar-refractivity contribution in [3.8, 4) is 11.1 Å². The Morgan fingerprint density at radius 1 is 1.14 bits per heavy atom. The van der Waals surface area contributed by atoms with E-state index in [4.69, 9.17) is 4.74 Å². The molecule has 2 aliphatic heterocycles. The molecule has 1 atom stereocenters.